The fourth-order valence-corrected chi connectivity index (χ4v) is 1.88. The van der Waals surface area contributed by atoms with Crippen molar-refractivity contribution >= 4 is 23.3 Å². The van der Waals surface area contributed by atoms with Gasteiger partial charge in [-0.2, -0.15) is 4.37 Å². The summed E-state index contributed by atoms with van der Waals surface area (Å²) in [6, 6.07) is 0. The molecule has 0 atom stereocenters. The van der Waals surface area contributed by atoms with E-state index in [1.54, 1.807) is 0 Å². The van der Waals surface area contributed by atoms with Crippen LogP contribution in [0.5, 0.6) is 5.88 Å². The van der Waals surface area contributed by atoms with E-state index in [2.05, 4.69) is 15.7 Å². The molecule has 0 radical (unpaired) electrons. The second kappa shape index (κ2) is 12.3. The Morgan fingerprint density at radius 3 is 2.05 bits per heavy atom. The number of hydrogen-bond acceptors (Lipinski definition) is 7. The van der Waals surface area contributed by atoms with Crippen molar-refractivity contribution in [2.75, 3.05) is 46.2 Å². The number of unbranched alkanes of at least 4 members (excludes halogenated alkanes) is 1. The smallest absolute Gasteiger partial charge is 0.265 e. The van der Waals surface area contributed by atoms with Gasteiger partial charge in [0.1, 0.15) is 6.61 Å². The van der Waals surface area contributed by atoms with Gasteiger partial charge in [-0.15, -0.1) is 4.37 Å². The Labute approximate surface area is 128 Å². The third-order valence-corrected chi connectivity index (χ3v) is 3.13. The molecule has 0 N–H and O–H groups in total. The van der Waals surface area contributed by atoms with E-state index < -0.39 is 0 Å². The third-order valence-electron chi connectivity index (χ3n) is 2.27. The van der Waals surface area contributed by atoms with Crippen molar-refractivity contribution in [1.29, 1.82) is 0 Å². The maximum atomic E-state index is 5.72. The van der Waals surface area contributed by atoms with E-state index in [4.69, 9.17) is 30.5 Å². The lowest BCUT2D eigenvalue weighted by atomic mass is 10.4. The van der Waals surface area contributed by atoms with Crippen LogP contribution in [0.1, 0.15) is 19.8 Å². The van der Waals surface area contributed by atoms with Crippen LogP contribution in [0.3, 0.4) is 0 Å². The Kier molecular flexibility index (Phi) is 10.8. The van der Waals surface area contributed by atoms with Gasteiger partial charge in [0.2, 0.25) is 5.15 Å². The third kappa shape index (κ3) is 8.65. The first kappa shape index (κ1) is 17.6. The molecule has 0 bridgehead atoms. The van der Waals surface area contributed by atoms with Gasteiger partial charge in [0.25, 0.3) is 5.88 Å². The normalized spacial score (nSPS) is 10.9. The first-order valence-electron chi connectivity index (χ1n) is 6.68. The molecule has 0 aliphatic heterocycles. The molecule has 20 heavy (non-hydrogen) atoms. The molecule has 0 fully saturated rings. The molecule has 0 amide bonds. The summed E-state index contributed by atoms with van der Waals surface area (Å²) in [5.74, 6) is 0.362. The fourth-order valence-electron chi connectivity index (χ4n) is 1.24. The maximum absolute atomic E-state index is 5.72. The van der Waals surface area contributed by atoms with Crippen molar-refractivity contribution in [1.82, 2.24) is 8.75 Å². The quantitative estimate of drug-likeness (QED) is 0.519. The first-order chi connectivity index (χ1) is 9.84. The molecular weight excluding hydrogens is 304 g/mol. The van der Waals surface area contributed by atoms with Gasteiger partial charge in [-0.25, -0.2) is 0 Å². The summed E-state index contributed by atoms with van der Waals surface area (Å²) >= 11 is 6.74. The van der Waals surface area contributed by atoms with E-state index in [1.165, 1.54) is 0 Å². The summed E-state index contributed by atoms with van der Waals surface area (Å²) in [5.41, 5.74) is 0. The van der Waals surface area contributed by atoms with Gasteiger partial charge in [0.05, 0.1) is 44.8 Å². The molecule has 6 nitrogen and oxygen atoms in total. The number of ether oxygens (including phenoxy) is 4. The fraction of sp³-hybridized carbons (Fsp3) is 0.833. The van der Waals surface area contributed by atoms with Crippen molar-refractivity contribution < 1.29 is 18.9 Å². The van der Waals surface area contributed by atoms with Crippen molar-refractivity contribution in [2.24, 2.45) is 0 Å². The highest BCUT2D eigenvalue weighted by atomic mass is 35.5. The summed E-state index contributed by atoms with van der Waals surface area (Å²) in [6.07, 6.45) is 2.25. The molecule has 0 saturated heterocycles. The van der Waals surface area contributed by atoms with Crippen LogP contribution in [-0.2, 0) is 14.2 Å². The van der Waals surface area contributed by atoms with E-state index >= 15 is 0 Å². The Bertz CT molecular complexity index is 341. The molecule has 0 aliphatic rings. The van der Waals surface area contributed by atoms with Crippen LogP contribution in [0.2, 0.25) is 5.15 Å². The van der Waals surface area contributed by atoms with Gasteiger partial charge in [-0.3, -0.25) is 0 Å². The Hall–Kier alpha value is -0.470. The Morgan fingerprint density at radius 2 is 1.50 bits per heavy atom. The molecule has 8 heteroatoms. The zero-order valence-electron chi connectivity index (χ0n) is 11.7. The minimum atomic E-state index is 0.293. The lowest BCUT2D eigenvalue weighted by Crippen LogP contribution is -2.13. The summed E-state index contributed by atoms with van der Waals surface area (Å²) in [5, 5.41) is 0.293. The van der Waals surface area contributed by atoms with Crippen molar-refractivity contribution in [3.63, 3.8) is 0 Å². The highest BCUT2D eigenvalue weighted by Gasteiger charge is 2.05. The molecule has 0 saturated carbocycles. The minimum Gasteiger partial charge on any atom is -0.472 e. The SMILES string of the molecule is CCCCOCCOCCOCCOc1nsnc1Cl. The average molecular weight is 325 g/mol. The minimum absolute atomic E-state index is 0.293. The van der Waals surface area contributed by atoms with Gasteiger partial charge >= 0.3 is 0 Å². The van der Waals surface area contributed by atoms with Crippen LogP contribution in [0.25, 0.3) is 0 Å². The van der Waals surface area contributed by atoms with Crippen molar-refractivity contribution in [3.05, 3.63) is 5.15 Å². The lowest BCUT2D eigenvalue weighted by molar-refractivity contribution is 0.00877. The van der Waals surface area contributed by atoms with Crippen LogP contribution >= 0.6 is 23.3 Å². The van der Waals surface area contributed by atoms with Gasteiger partial charge in [0, 0.05) is 6.61 Å². The number of aromatic nitrogens is 2. The number of nitrogens with zero attached hydrogens (tertiary/aromatic N) is 2. The zero-order chi connectivity index (χ0) is 14.5. The molecule has 0 unspecified atom stereocenters. The summed E-state index contributed by atoms with van der Waals surface area (Å²) < 4.78 is 29.0. The van der Waals surface area contributed by atoms with E-state index in [0.29, 0.717) is 50.7 Å². The second-order valence-electron chi connectivity index (χ2n) is 3.90. The van der Waals surface area contributed by atoms with Crippen LogP contribution in [-0.4, -0.2) is 55.0 Å². The Balaban J connectivity index is 1.78. The first-order valence-corrected chi connectivity index (χ1v) is 7.79. The Morgan fingerprint density at radius 1 is 0.900 bits per heavy atom. The van der Waals surface area contributed by atoms with E-state index in [1.807, 2.05) is 0 Å². The predicted octanol–water partition coefficient (Wildman–Crippen LogP) is 2.42. The van der Waals surface area contributed by atoms with Crippen molar-refractivity contribution in [2.45, 2.75) is 19.8 Å². The summed E-state index contributed by atoms with van der Waals surface area (Å²) in [4.78, 5) is 0. The molecule has 1 rings (SSSR count). The molecule has 0 aliphatic carbocycles. The van der Waals surface area contributed by atoms with Gasteiger partial charge in [-0.1, -0.05) is 24.9 Å². The topological polar surface area (TPSA) is 62.7 Å². The maximum Gasteiger partial charge on any atom is 0.265 e. The van der Waals surface area contributed by atoms with Gasteiger partial charge in [0.15, 0.2) is 0 Å². The van der Waals surface area contributed by atoms with Crippen LogP contribution in [0.15, 0.2) is 0 Å². The molecule has 116 valence electrons. The summed E-state index contributed by atoms with van der Waals surface area (Å²) in [7, 11) is 0. The highest BCUT2D eigenvalue weighted by molar-refractivity contribution is 6.99. The second-order valence-corrected chi connectivity index (χ2v) is 4.79. The van der Waals surface area contributed by atoms with Gasteiger partial charge < -0.3 is 18.9 Å². The molecule has 1 aromatic rings. The van der Waals surface area contributed by atoms with E-state index in [0.717, 1.165) is 31.2 Å². The molecule has 0 aromatic carbocycles. The van der Waals surface area contributed by atoms with Gasteiger partial charge in [-0.05, 0) is 6.42 Å². The predicted molar refractivity (Wildman–Crippen MR) is 77.8 cm³/mol. The highest BCUT2D eigenvalue weighted by Crippen LogP contribution is 2.19. The number of halogens is 1. The van der Waals surface area contributed by atoms with Crippen LogP contribution < -0.4 is 4.74 Å². The molecule has 1 aromatic heterocycles. The number of rotatable bonds is 13. The van der Waals surface area contributed by atoms with Crippen LogP contribution in [0, 0.1) is 0 Å². The monoisotopic (exact) mass is 324 g/mol. The molecule has 1 heterocycles. The molecule has 0 spiro atoms. The average Bonchev–Trinajstić information content (AvgIpc) is 2.85. The summed E-state index contributed by atoms with van der Waals surface area (Å²) in [6.45, 7) is 6.12. The zero-order valence-corrected chi connectivity index (χ0v) is 13.3. The lowest BCUT2D eigenvalue weighted by Gasteiger charge is -2.07. The van der Waals surface area contributed by atoms with E-state index in [9.17, 15) is 0 Å². The van der Waals surface area contributed by atoms with Crippen molar-refractivity contribution in [3.8, 4) is 5.88 Å². The standard InChI is InChI=1S/C12H21ClN2O4S/c1-2-3-4-16-5-6-17-7-8-18-9-10-19-12-11(13)14-20-15-12/h2-10H2,1H3. The van der Waals surface area contributed by atoms with Crippen LogP contribution in [0.4, 0.5) is 0 Å². The van der Waals surface area contributed by atoms with E-state index in [-0.39, 0.29) is 0 Å². The number of hydrogen-bond donors (Lipinski definition) is 0. The molecular formula is C12H21ClN2O4S. The largest absolute Gasteiger partial charge is 0.472 e.